The molecule has 0 spiro atoms. The fourth-order valence-electron chi connectivity index (χ4n) is 2.03. The molecule has 0 aromatic heterocycles. The zero-order valence-electron chi connectivity index (χ0n) is 11.5. The third kappa shape index (κ3) is 4.96. The summed E-state index contributed by atoms with van der Waals surface area (Å²) in [6.07, 6.45) is 3.44. The van der Waals surface area contributed by atoms with Crippen LogP contribution in [0.5, 0.6) is 0 Å². The molecule has 0 radical (unpaired) electrons. The molecule has 2 aromatic rings. The summed E-state index contributed by atoms with van der Waals surface area (Å²) in [5.74, 6) is 0. The predicted molar refractivity (Wildman–Crippen MR) is 85.7 cm³/mol. The fourth-order valence-corrected chi connectivity index (χ4v) is 3.31. The summed E-state index contributed by atoms with van der Waals surface area (Å²) >= 11 is 1.94. The first kappa shape index (κ1) is 14.0. The summed E-state index contributed by atoms with van der Waals surface area (Å²) in [5.41, 5.74) is 2.78. The average molecular weight is 268 g/mol. The summed E-state index contributed by atoms with van der Waals surface area (Å²) < 4.78 is 0. The number of hydrogen-bond acceptors (Lipinski definition) is 1. The molecular weight excluding hydrogens is 248 g/mol. The van der Waals surface area contributed by atoms with Gasteiger partial charge in [-0.1, -0.05) is 60.2 Å². The van der Waals surface area contributed by atoms with Gasteiger partial charge in [0.15, 0.2) is 0 Å². The Morgan fingerprint density at radius 3 is 2.11 bits per heavy atom. The zero-order chi connectivity index (χ0) is 13.5. The monoisotopic (exact) mass is 268 g/mol. The molecular formula is C18H20S. The van der Waals surface area contributed by atoms with Gasteiger partial charge in [-0.2, -0.15) is 0 Å². The fraction of sp³-hybridized carbons (Fsp3) is 0.222. The number of hydrogen-bond donors (Lipinski definition) is 0. The first-order chi connectivity index (χ1) is 9.24. The van der Waals surface area contributed by atoms with Crippen LogP contribution < -0.4 is 0 Å². The quantitative estimate of drug-likeness (QED) is 0.520. The van der Waals surface area contributed by atoms with Gasteiger partial charge in [0.05, 0.1) is 0 Å². The number of thioether (sulfide) groups is 1. The minimum absolute atomic E-state index is 0.495. The Hall–Kier alpha value is -1.47. The van der Waals surface area contributed by atoms with Crippen molar-refractivity contribution in [1.82, 2.24) is 0 Å². The molecule has 19 heavy (non-hydrogen) atoms. The summed E-state index contributed by atoms with van der Waals surface area (Å²) in [7, 11) is 0. The molecule has 0 aliphatic heterocycles. The van der Waals surface area contributed by atoms with Crippen molar-refractivity contribution in [2.75, 3.05) is 0 Å². The standard InChI is InChI=1S/C18H20S/c1-15(2)13-18(14-16-9-5-3-6-10-16)19-17-11-7-4-8-12-17/h3-13,18H,14H2,1-2H3. The highest BCUT2D eigenvalue weighted by Crippen LogP contribution is 2.27. The maximum atomic E-state index is 2.37. The summed E-state index contributed by atoms with van der Waals surface area (Å²) in [6.45, 7) is 4.34. The van der Waals surface area contributed by atoms with E-state index in [0.717, 1.165) is 6.42 Å². The van der Waals surface area contributed by atoms with Crippen LogP contribution in [0.25, 0.3) is 0 Å². The molecule has 0 aliphatic rings. The highest BCUT2D eigenvalue weighted by molar-refractivity contribution is 8.00. The summed E-state index contributed by atoms with van der Waals surface area (Å²) in [5, 5.41) is 0.495. The summed E-state index contributed by atoms with van der Waals surface area (Å²) in [6, 6.07) is 21.3. The van der Waals surface area contributed by atoms with E-state index in [1.54, 1.807) is 0 Å². The Morgan fingerprint density at radius 2 is 1.53 bits per heavy atom. The Bertz CT molecular complexity index is 468. The van der Waals surface area contributed by atoms with Gasteiger partial charge in [-0.3, -0.25) is 0 Å². The second-order valence-corrected chi connectivity index (χ2v) is 6.22. The van der Waals surface area contributed by atoms with Gasteiger partial charge in [0.25, 0.3) is 0 Å². The van der Waals surface area contributed by atoms with Crippen molar-refractivity contribution in [3.8, 4) is 0 Å². The molecule has 0 saturated heterocycles. The SMILES string of the molecule is CC(C)=CC(Cc1ccccc1)Sc1ccccc1. The van der Waals surface area contributed by atoms with Gasteiger partial charge in [0.1, 0.15) is 0 Å². The molecule has 1 atom stereocenters. The smallest absolute Gasteiger partial charge is 0.0317 e. The molecule has 1 heteroatoms. The average Bonchev–Trinajstić information content (AvgIpc) is 2.40. The van der Waals surface area contributed by atoms with Crippen LogP contribution in [0.15, 0.2) is 77.2 Å². The minimum atomic E-state index is 0.495. The molecule has 0 aliphatic carbocycles. The molecule has 1 unspecified atom stereocenters. The van der Waals surface area contributed by atoms with Gasteiger partial charge in [-0.15, -0.1) is 11.8 Å². The van der Waals surface area contributed by atoms with Crippen LogP contribution in [0.3, 0.4) is 0 Å². The topological polar surface area (TPSA) is 0 Å². The number of allylic oxidation sites excluding steroid dienone is 1. The van der Waals surface area contributed by atoms with Crippen molar-refractivity contribution < 1.29 is 0 Å². The maximum absolute atomic E-state index is 2.37. The highest BCUT2D eigenvalue weighted by atomic mass is 32.2. The van der Waals surface area contributed by atoms with Crippen LogP contribution in [-0.2, 0) is 6.42 Å². The van der Waals surface area contributed by atoms with E-state index in [2.05, 4.69) is 80.6 Å². The lowest BCUT2D eigenvalue weighted by molar-refractivity contribution is 1.01. The van der Waals surface area contributed by atoms with Crippen LogP contribution >= 0.6 is 11.8 Å². The zero-order valence-corrected chi connectivity index (χ0v) is 12.4. The van der Waals surface area contributed by atoms with Gasteiger partial charge in [0.2, 0.25) is 0 Å². The summed E-state index contributed by atoms with van der Waals surface area (Å²) in [4.78, 5) is 1.33. The molecule has 0 saturated carbocycles. The van der Waals surface area contributed by atoms with E-state index in [0.29, 0.717) is 5.25 Å². The van der Waals surface area contributed by atoms with Crippen LogP contribution in [0.1, 0.15) is 19.4 Å². The molecule has 0 bridgehead atoms. The lowest BCUT2D eigenvalue weighted by atomic mass is 10.1. The van der Waals surface area contributed by atoms with Gasteiger partial charge in [-0.25, -0.2) is 0 Å². The van der Waals surface area contributed by atoms with E-state index in [9.17, 15) is 0 Å². The molecule has 2 aromatic carbocycles. The Balaban J connectivity index is 2.11. The second-order valence-electron chi connectivity index (χ2n) is 4.90. The van der Waals surface area contributed by atoms with E-state index in [1.165, 1.54) is 16.0 Å². The Labute approximate surface area is 120 Å². The number of benzene rings is 2. The third-order valence-electron chi connectivity index (χ3n) is 2.83. The first-order valence-electron chi connectivity index (χ1n) is 6.65. The molecule has 0 amide bonds. The molecule has 0 fully saturated rings. The Morgan fingerprint density at radius 1 is 0.947 bits per heavy atom. The van der Waals surface area contributed by atoms with Crippen molar-refractivity contribution in [2.45, 2.75) is 30.4 Å². The van der Waals surface area contributed by atoms with Gasteiger partial charge < -0.3 is 0 Å². The predicted octanol–water partition coefficient (Wildman–Crippen LogP) is 5.36. The van der Waals surface area contributed by atoms with E-state index in [1.807, 2.05) is 11.8 Å². The largest absolute Gasteiger partial charge is 0.118 e. The Kier molecular flexibility index (Phi) is 5.29. The minimum Gasteiger partial charge on any atom is -0.118 e. The molecule has 0 nitrogen and oxygen atoms in total. The van der Waals surface area contributed by atoms with Gasteiger partial charge >= 0.3 is 0 Å². The third-order valence-corrected chi connectivity index (χ3v) is 3.98. The molecule has 0 N–H and O–H groups in total. The van der Waals surface area contributed by atoms with Crippen LogP contribution in [-0.4, -0.2) is 5.25 Å². The van der Waals surface area contributed by atoms with Crippen molar-refractivity contribution in [2.24, 2.45) is 0 Å². The van der Waals surface area contributed by atoms with Crippen molar-refractivity contribution >= 4 is 11.8 Å². The van der Waals surface area contributed by atoms with Gasteiger partial charge in [-0.05, 0) is 38.0 Å². The van der Waals surface area contributed by atoms with E-state index in [4.69, 9.17) is 0 Å². The van der Waals surface area contributed by atoms with Crippen molar-refractivity contribution in [3.63, 3.8) is 0 Å². The lowest BCUT2D eigenvalue weighted by Crippen LogP contribution is -2.04. The molecule has 98 valence electrons. The lowest BCUT2D eigenvalue weighted by Gasteiger charge is -2.13. The highest BCUT2D eigenvalue weighted by Gasteiger charge is 2.08. The van der Waals surface area contributed by atoms with Crippen LogP contribution in [0, 0.1) is 0 Å². The second kappa shape index (κ2) is 7.20. The maximum Gasteiger partial charge on any atom is 0.0317 e. The van der Waals surface area contributed by atoms with Crippen LogP contribution in [0.2, 0.25) is 0 Å². The first-order valence-corrected chi connectivity index (χ1v) is 7.52. The van der Waals surface area contributed by atoms with Gasteiger partial charge in [0, 0.05) is 10.1 Å². The van der Waals surface area contributed by atoms with E-state index < -0.39 is 0 Å². The molecule has 0 heterocycles. The molecule has 2 rings (SSSR count). The number of rotatable bonds is 5. The van der Waals surface area contributed by atoms with Crippen molar-refractivity contribution in [3.05, 3.63) is 77.9 Å². The van der Waals surface area contributed by atoms with E-state index in [-0.39, 0.29) is 0 Å². The van der Waals surface area contributed by atoms with Crippen molar-refractivity contribution in [1.29, 1.82) is 0 Å². The van der Waals surface area contributed by atoms with E-state index >= 15 is 0 Å². The normalized spacial score (nSPS) is 11.9. The van der Waals surface area contributed by atoms with Crippen LogP contribution in [0.4, 0.5) is 0 Å².